The predicted molar refractivity (Wildman–Crippen MR) is 102 cm³/mol. The van der Waals surface area contributed by atoms with Crippen molar-refractivity contribution in [1.29, 1.82) is 0 Å². The first-order valence-corrected chi connectivity index (χ1v) is 8.72. The Morgan fingerprint density at radius 2 is 1.80 bits per heavy atom. The van der Waals surface area contributed by atoms with Crippen LogP contribution in [0.5, 0.6) is 0 Å². The minimum atomic E-state index is -0.136. The second kappa shape index (κ2) is 6.45. The molecule has 4 rings (SSSR count). The summed E-state index contributed by atoms with van der Waals surface area (Å²) in [6, 6.07) is 17.9. The zero-order valence-electron chi connectivity index (χ0n) is 13.6. The van der Waals surface area contributed by atoms with E-state index in [1.807, 2.05) is 79.7 Å². The van der Waals surface area contributed by atoms with E-state index in [-0.39, 0.29) is 5.56 Å². The van der Waals surface area contributed by atoms with Crippen molar-refractivity contribution in [3.05, 3.63) is 86.7 Å². The molecule has 4 nitrogen and oxygen atoms in total. The Morgan fingerprint density at radius 1 is 1.04 bits per heavy atom. The van der Waals surface area contributed by atoms with Crippen LogP contribution in [0.25, 0.3) is 28.5 Å². The summed E-state index contributed by atoms with van der Waals surface area (Å²) in [5, 5.41) is 4.36. The van der Waals surface area contributed by atoms with E-state index in [9.17, 15) is 4.79 Å². The highest BCUT2D eigenvalue weighted by atomic mass is 32.1. The Morgan fingerprint density at radius 3 is 2.52 bits per heavy atom. The molecule has 25 heavy (non-hydrogen) atoms. The van der Waals surface area contributed by atoms with Crippen LogP contribution in [0.2, 0.25) is 0 Å². The number of benzene rings is 2. The maximum absolute atomic E-state index is 12.5. The number of fused-ring (bicyclic) bond motifs is 1. The normalized spacial score (nSPS) is 12.4. The molecule has 0 radical (unpaired) electrons. The topological polar surface area (TPSA) is 47.3 Å². The van der Waals surface area contributed by atoms with Gasteiger partial charge in [-0.05, 0) is 18.6 Å². The maximum atomic E-state index is 12.5. The Kier molecular flexibility index (Phi) is 3.99. The number of nitrogens with zero attached hydrogens (tertiary/aromatic N) is 3. The van der Waals surface area contributed by atoms with Gasteiger partial charge in [-0.15, -0.1) is 5.10 Å². The van der Waals surface area contributed by atoms with Gasteiger partial charge in [0.25, 0.3) is 5.56 Å². The van der Waals surface area contributed by atoms with Crippen LogP contribution in [0.1, 0.15) is 11.1 Å². The second-order valence-electron chi connectivity index (χ2n) is 5.70. The quantitative estimate of drug-likeness (QED) is 0.572. The van der Waals surface area contributed by atoms with Crippen LogP contribution >= 0.6 is 11.3 Å². The highest BCUT2D eigenvalue weighted by Gasteiger charge is 2.11. The molecular weight excluding hydrogens is 330 g/mol. The number of allylic oxidation sites excluding steroid dienone is 1. The Hall–Kier alpha value is -3.05. The van der Waals surface area contributed by atoms with E-state index in [0.29, 0.717) is 15.3 Å². The largest absolute Gasteiger partial charge is 0.291 e. The number of hydrogen-bond donors (Lipinski definition) is 0. The molecule has 0 saturated heterocycles. The fourth-order valence-corrected chi connectivity index (χ4v) is 3.34. The standard InChI is InChI=1S/C20H15N3OS/c1-14-10-12-16(13-11-14)18-21-20-23(22-18)19(24)17(25-20)9-5-8-15-6-3-2-4-7-15/h2-13H,1H3. The van der Waals surface area contributed by atoms with E-state index in [1.54, 1.807) is 0 Å². The molecule has 4 aromatic rings. The zero-order chi connectivity index (χ0) is 17.2. The summed E-state index contributed by atoms with van der Waals surface area (Å²) in [6.45, 7) is 2.03. The Bertz CT molecular complexity index is 1160. The van der Waals surface area contributed by atoms with Gasteiger partial charge in [0.05, 0.1) is 4.53 Å². The van der Waals surface area contributed by atoms with Crippen LogP contribution in [0.4, 0.5) is 0 Å². The molecular formula is C20H15N3OS. The summed E-state index contributed by atoms with van der Waals surface area (Å²) in [5.41, 5.74) is 3.04. The fourth-order valence-electron chi connectivity index (χ4n) is 2.48. The van der Waals surface area contributed by atoms with Gasteiger partial charge < -0.3 is 0 Å². The summed E-state index contributed by atoms with van der Waals surface area (Å²) in [5.74, 6) is 0.578. The average Bonchev–Trinajstić information content (AvgIpc) is 3.17. The van der Waals surface area contributed by atoms with E-state index in [1.165, 1.54) is 21.4 Å². The minimum absolute atomic E-state index is 0.136. The minimum Gasteiger partial charge on any atom is -0.266 e. The molecule has 0 amide bonds. The molecule has 5 heteroatoms. The van der Waals surface area contributed by atoms with Crippen molar-refractivity contribution in [3.63, 3.8) is 0 Å². The Balaban J connectivity index is 1.68. The third-order valence-corrected chi connectivity index (χ3v) is 4.80. The van der Waals surface area contributed by atoms with E-state index >= 15 is 0 Å². The van der Waals surface area contributed by atoms with Gasteiger partial charge in [0.2, 0.25) is 4.96 Å². The van der Waals surface area contributed by atoms with Crippen molar-refractivity contribution in [2.45, 2.75) is 6.92 Å². The first-order chi connectivity index (χ1) is 12.2. The molecule has 0 aliphatic heterocycles. The molecule has 0 atom stereocenters. The van der Waals surface area contributed by atoms with Crippen LogP contribution < -0.4 is 10.1 Å². The molecule has 0 aliphatic carbocycles. The predicted octanol–water partition coefficient (Wildman–Crippen LogP) is 3.34. The molecule has 0 spiro atoms. The first-order valence-electron chi connectivity index (χ1n) is 7.91. The van der Waals surface area contributed by atoms with Crippen molar-refractivity contribution in [2.75, 3.05) is 0 Å². The third-order valence-electron chi connectivity index (χ3n) is 3.83. The van der Waals surface area contributed by atoms with E-state index in [2.05, 4.69) is 10.1 Å². The molecule has 2 heterocycles. The summed E-state index contributed by atoms with van der Waals surface area (Å²) in [6.07, 6.45) is 5.65. The first kappa shape index (κ1) is 15.5. The van der Waals surface area contributed by atoms with E-state index in [4.69, 9.17) is 0 Å². The molecule has 0 unspecified atom stereocenters. The van der Waals surface area contributed by atoms with E-state index < -0.39 is 0 Å². The summed E-state index contributed by atoms with van der Waals surface area (Å²) >= 11 is 1.35. The molecule has 0 bridgehead atoms. The number of hydrogen-bond acceptors (Lipinski definition) is 4. The highest BCUT2D eigenvalue weighted by Crippen LogP contribution is 2.16. The van der Waals surface area contributed by atoms with Gasteiger partial charge in [0, 0.05) is 5.56 Å². The lowest BCUT2D eigenvalue weighted by atomic mass is 10.1. The highest BCUT2D eigenvalue weighted by molar-refractivity contribution is 7.15. The molecule has 0 aliphatic rings. The van der Waals surface area contributed by atoms with Gasteiger partial charge in [-0.1, -0.05) is 83.6 Å². The molecule has 2 aromatic heterocycles. The van der Waals surface area contributed by atoms with Crippen molar-refractivity contribution in [1.82, 2.24) is 14.6 Å². The van der Waals surface area contributed by atoms with Crippen LogP contribution in [-0.4, -0.2) is 14.6 Å². The van der Waals surface area contributed by atoms with E-state index in [0.717, 1.165) is 11.1 Å². The monoisotopic (exact) mass is 345 g/mol. The van der Waals surface area contributed by atoms with Gasteiger partial charge in [-0.25, -0.2) is 0 Å². The Labute approximate surface area is 148 Å². The smallest absolute Gasteiger partial charge is 0.266 e. The third kappa shape index (κ3) is 3.14. The summed E-state index contributed by atoms with van der Waals surface area (Å²) < 4.78 is 2.00. The van der Waals surface area contributed by atoms with Crippen molar-refractivity contribution in [2.24, 2.45) is 0 Å². The molecule has 2 aromatic carbocycles. The molecule has 0 N–H and O–H groups in total. The number of thiazole rings is 1. The van der Waals surface area contributed by atoms with Crippen molar-refractivity contribution < 1.29 is 0 Å². The SMILES string of the molecule is Cc1ccc(-c2nc3sc(=CC=Cc4ccccc4)c(=O)n3n2)cc1. The molecule has 0 saturated carbocycles. The van der Waals surface area contributed by atoms with Crippen LogP contribution in [0, 0.1) is 6.92 Å². The molecule has 0 fully saturated rings. The number of aromatic nitrogens is 3. The van der Waals surface area contributed by atoms with Gasteiger partial charge in [0.1, 0.15) is 0 Å². The lowest BCUT2D eigenvalue weighted by Gasteiger charge is -1.94. The zero-order valence-corrected chi connectivity index (χ0v) is 14.4. The lowest BCUT2D eigenvalue weighted by molar-refractivity contribution is 0.937. The second-order valence-corrected chi connectivity index (χ2v) is 6.71. The summed E-state index contributed by atoms with van der Waals surface area (Å²) in [7, 11) is 0. The van der Waals surface area contributed by atoms with Gasteiger partial charge >= 0.3 is 0 Å². The number of rotatable bonds is 3. The van der Waals surface area contributed by atoms with Crippen molar-refractivity contribution >= 4 is 28.4 Å². The van der Waals surface area contributed by atoms with Crippen LogP contribution in [0.3, 0.4) is 0 Å². The average molecular weight is 345 g/mol. The van der Waals surface area contributed by atoms with Crippen molar-refractivity contribution in [3.8, 4) is 11.4 Å². The maximum Gasteiger partial charge on any atom is 0.291 e. The van der Waals surface area contributed by atoms with Gasteiger partial charge in [-0.2, -0.15) is 9.50 Å². The summed E-state index contributed by atoms with van der Waals surface area (Å²) in [4.78, 5) is 17.6. The fraction of sp³-hybridized carbons (Fsp3) is 0.0500. The van der Waals surface area contributed by atoms with Gasteiger partial charge in [0.15, 0.2) is 5.82 Å². The lowest BCUT2D eigenvalue weighted by Crippen LogP contribution is -2.23. The van der Waals surface area contributed by atoms with Crippen LogP contribution in [-0.2, 0) is 0 Å². The molecule has 122 valence electrons. The van der Waals surface area contributed by atoms with Gasteiger partial charge in [-0.3, -0.25) is 4.79 Å². The number of aryl methyl sites for hydroxylation is 1. The van der Waals surface area contributed by atoms with Crippen LogP contribution in [0.15, 0.2) is 65.5 Å².